The van der Waals surface area contributed by atoms with Crippen molar-refractivity contribution < 1.29 is 9.53 Å². The summed E-state index contributed by atoms with van der Waals surface area (Å²) in [6, 6.07) is 13.3. The summed E-state index contributed by atoms with van der Waals surface area (Å²) in [6.07, 6.45) is 0.866. The molecule has 1 unspecified atom stereocenters. The van der Waals surface area contributed by atoms with Crippen molar-refractivity contribution in [3.8, 4) is 11.3 Å². The Hall–Kier alpha value is -2.38. The number of benzene rings is 2. The van der Waals surface area contributed by atoms with Crippen LogP contribution in [0.25, 0.3) is 11.3 Å². The lowest BCUT2D eigenvalue weighted by molar-refractivity contribution is 0.0354. The van der Waals surface area contributed by atoms with Crippen LogP contribution < -0.4 is 0 Å². The summed E-state index contributed by atoms with van der Waals surface area (Å²) in [5.41, 5.74) is 5.19. The van der Waals surface area contributed by atoms with Crippen molar-refractivity contribution in [2.24, 2.45) is 0 Å². The number of aryl methyl sites for hydroxylation is 1. The molecule has 0 radical (unpaired) electrons. The molecule has 1 amide bonds. The van der Waals surface area contributed by atoms with Gasteiger partial charge in [0.1, 0.15) is 5.69 Å². The van der Waals surface area contributed by atoms with Crippen LogP contribution in [0.2, 0.25) is 10.0 Å². The molecular formula is C25H26Cl2N4O2. The first-order valence-electron chi connectivity index (χ1n) is 11.2. The lowest BCUT2D eigenvalue weighted by Gasteiger charge is -2.30. The first-order valence-corrected chi connectivity index (χ1v) is 12.0. The van der Waals surface area contributed by atoms with E-state index in [4.69, 9.17) is 27.9 Å². The summed E-state index contributed by atoms with van der Waals surface area (Å²) in [4.78, 5) is 17.8. The zero-order valence-corrected chi connectivity index (χ0v) is 20.0. The molecule has 3 aromatic rings. The van der Waals surface area contributed by atoms with E-state index in [0.29, 0.717) is 22.3 Å². The standard InChI is InChI=1S/C25H26Cl2N4O2/c1-16-3-5-17(6-4-16)22-21-23(29-28-22)25(32)31(10-2-9-30-11-13-33-14-12-30)24(21)19-8-7-18(26)15-20(19)27/h3-8,15,24H,2,9-14H2,1H3,(H,28,29). The number of aromatic amines is 1. The summed E-state index contributed by atoms with van der Waals surface area (Å²) >= 11 is 12.8. The molecule has 2 aliphatic heterocycles. The van der Waals surface area contributed by atoms with Gasteiger partial charge < -0.3 is 9.64 Å². The Kier molecular flexibility index (Phi) is 6.43. The Morgan fingerprint density at radius 2 is 1.85 bits per heavy atom. The highest BCUT2D eigenvalue weighted by Gasteiger charge is 2.42. The van der Waals surface area contributed by atoms with E-state index in [1.807, 2.05) is 29.2 Å². The molecule has 1 fully saturated rings. The van der Waals surface area contributed by atoms with Gasteiger partial charge in [-0.05, 0) is 31.0 Å². The van der Waals surface area contributed by atoms with Crippen LogP contribution in [0.15, 0.2) is 42.5 Å². The number of aromatic nitrogens is 2. The Bertz CT molecular complexity index is 1160. The molecule has 3 heterocycles. The van der Waals surface area contributed by atoms with E-state index < -0.39 is 0 Å². The van der Waals surface area contributed by atoms with Gasteiger partial charge in [-0.1, -0.05) is 59.1 Å². The van der Waals surface area contributed by atoms with Crippen molar-refractivity contribution in [3.63, 3.8) is 0 Å². The van der Waals surface area contributed by atoms with Crippen LogP contribution in [0.1, 0.15) is 39.6 Å². The fraction of sp³-hybridized carbons (Fsp3) is 0.360. The molecule has 6 nitrogen and oxygen atoms in total. The minimum Gasteiger partial charge on any atom is -0.379 e. The van der Waals surface area contributed by atoms with Gasteiger partial charge in [0, 0.05) is 47.4 Å². The van der Waals surface area contributed by atoms with E-state index in [1.165, 1.54) is 5.56 Å². The molecule has 1 saturated heterocycles. The SMILES string of the molecule is Cc1ccc(-c2n[nH]c3c2C(c2ccc(Cl)cc2Cl)N(CCCN2CCOCC2)C3=O)cc1. The molecule has 1 N–H and O–H groups in total. The third-order valence-corrected chi connectivity index (χ3v) is 6.99. The van der Waals surface area contributed by atoms with Crippen LogP contribution in [0.3, 0.4) is 0 Å². The number of nitrogens with zero attached hydrogens (tertiary/aromatic N) is 3. The van der Waals surface area contributed by atoms with Gasteiger partial charge in [0.25, 0.3) is 5.91 Å². The number of carbonyl (C=O) groups is 1. The molecule has 33 heavy (non-hydrogen) atoms. The Morgan fingerprint density at radius 1 is 1.09 bits per heavy atom. The Balaban J connectivity index is 1.50. The highest BCUT2D eigenvalue weighted by Crippen LogP contribution is 2.45. The number of carbonyl (C=O) groups excluding carboxylic acids is 1. The maximum atomic E-state index is 13.5. The lowest BCUT2D eigenvalue weighted by atomic mass is 9.95. The number of hydrogen-bond donors (Lipinski definition) is 1. The second-order valence-corrected chi connectivity index (χ2v) is 9.45. The van der Waals surface area contributed by atoms with Crippen molar-refractivity contribution in [1.82, 2.24) is 20.0 Å². The van der Waals surface area contributed by atoms with Gasteiger partial charge >= 0.3 is 0 Å². The maximum Gasteiger partial charge on any atom is 0.273 e. The average Bonchev–Trinajstić information content (AvgIpc) is 3.35. The van der Waals surface area contributed by atoms with E-state index in [9.17, 15) is 4.79 Å². The van der Waals surface area contributed by atoms with Gasteiger partial charge in [0.15, 0.2) is 0 Å². The monoisotopic (exact) mass is 484 g/mol. The van der Waals surface area contributed by atoms with Crippen molar-refractivity contribution in [1.29, 1.82) is 0 Å². The van der Waals surface area contributed by atoms with Crippen molar-refractivity contribution in [3.05, 3.63) is 74.9 Å². The molecule has 1 aromatic heterocycles. The number of H-pyrrole nitrogens is 1. The molecule has 0 spiro atoms. The molecule has 0 saturated carbocycles. The summed E-state index contributed by atoms with van der Waals surface area (Å²) < 4.78 is 5.45. The van der Waals surface area contributed by atoms with Crippen LogP contribution in [0, 0.1) is 6.92 Å². The predicted molar refractivity (Wildman–Crippen MR) is 130 cm³/mol. The van der Waals surface area contributed by atoms with Crippen molar-refractivity contribution >= 4 is 29.1 Å². The van der Waals surface area contributed by atoms with E-state index in [2.05, 4.69) is 34.2 Å². The zero-order chi connectivity index (χ0) is 22.9. The van der Waals surface area contributed by atoms with Crippen molar-refractivity contribution in [2.75, 3.05) is 39.4 Å². The van der Waals surface area contributed by atoms with Gasteiger partial charge in [-0.2, -0.15) is 5.10 Å². The molecule has 2 aliphatic rings. The third kappa shape index (κ3) is 4.41. The van der Waals surface area contributed by atoms with Crippen LogP contribution in [0.4, 0.5) is 0 Å². The minimum absolute atomic E-state index is 0.0474. The fourth-order valence-electron chi connectivity index (χ4n) is 4.69. The summed E-state index contributed by atoms with van der Waals surface area (Å²) in [5.74, 6) is -0.0474. The highest BCUT2D eigenvalue weighted by atomic mass is 35.5. The summed E-state index contributed by atoms with van der Waals surface area (Å²) in [5, 5.41) is 8.66. The number of hydrogen-bond acceptors (Lipinski definition) is 4. The number of halogens is 2. The zero-order valence-electron chi connectivity index (χ0n) is 18.5. The van der Waals surface area contributed by atoms with Crippen molar-refractivity contribution in [2.45, 2.75) is 19.4 Å². The van der Waals surface area contributed by atoms with Crippen LogP contribution in [-0.4, -0.2) is 65.3 Å². The molecule has 8 heteroatoms. The molecule has 5 rings (SSSR count). The largest absolute Gasteiger partial charge is 0.379 e. The van der Waals surface area contributed by atoms with E-state index in [1.54, 1.807) is 6.07 Å². The molecule has 0 aliphatic carbocycles. The summed E-state index contributed by atoms with van der Waals surface area (Å²) in [7, 11) is 0. The quantitative estimate of drug-likeness (QED) is 0.536. The number of nitrogens with one attached hydrogen (secondary N) is 1. The second kappa shape index (κ2) is 9.47. The second-order valence-electron chi connectivity index (χ2n) is 8.60. The first kappa shape index (κ1) is 22.4. The third-order valence-electron chi connectivity index (χ3n) is 6.42. The number of ether oxygens (including phenoxy) is 1. The molecule has 0 bridgehead atoms. The van der Waals surface area contributed by atoms with Gasteiger partial charge in [-0.3, -0.25) is 14.8 Å². The van der Waals surface area contributed by atoms with Gasteiger partial charge in [-0.25, -0.2) is 0 Å². The molecule has 172 valence electrons. The van der Waals surface area contributed by atoms with Crippen LogP contribution in [-0.2, 0) is 4.74 Å². The van der Waals surface area contributed by atoms with Gasteiger partial charge in [0.05, 0.1) is 24.9 Å². The maximum absolute atomic E-state index is 13.5. The van der Waals surface area contributed by atoms with Crippen LogP contribution >= 0.6 is 23.2 Å². The number of amides is 1. The van der Waals surface area contributed by atoms with E-state index >= 15 is 0 Å². The Labute approximate surface area is 203 Å². The topological polar surface area (TPSA) is 61.5 Å². The number of fused-ring (bicyclic) bond motifs is 1. The van der Waals surface area contributed by atoms with Gasteiger partial charge in [-0.15, -0.1) is 0 Å². The number of rotatable bonds is 6. The minimum atomic E-state index is -0.322. The smallest absolute Gasteiger partial charge is 0.273 e. The molecule has 2 aromatic carbocycles. The molecule has 1 atom stereocenters. The Morgan fingerprint density at radius 3 is 2.58 bits per heavy atom. The molecular weight excluding hydrogens is 459 g/mol. The fourth-order valence-corrected chi connectivity index (χ4v) is 5.21. The first-order chi connectivity index (χ1) is 16.0. The van der Waals surface area contributed by atoms with Crippen LogP contribution in [0.5, 0.6) is 0 Å². The van der Waals surface area contributed by atoms with E-state index in [-0.39, 0.29) is 11.9 Å². The average molecular weight is 485 g/mol. The normalized spacial score (nSPS) is 18.7. The van der Waals surface area contributed by atoms with E-state index in [0.717, 1.165) is 61.7 Å². The lowest BCUT2D eigenvalue weighted by Crippen LogP contribution is -2.38. The summed E-state index contributed by atoms with van der Waals surface area (Å²) in [6.45, 7) is 6.99. The highest BCUT2D eigenvalue weighted by molar-refractivity contribution is 6.35. The number of morpholine rings is 1. The predicted octanol–water partition coefficient (Wildman–Crippen LogP) is 4.96. The van der Waals surface area contributed by atoms with Gasteiger partial charge in [0.2, 0.25) is 0 Å².